The van der Waals surface area contributed by atoms with Gasteiger partial charge < -0.3 is 15.3 Å². The van der Waals surface area contributed by atoms with Crippen LogP contribution in [0.25, 0.3) is 0 Å². The molecular weight excluding hydrogens is 565 g/mol. The molecule has 0 atom stereocenters. The maximum Gasteiger partial charge on any atom is 0.306 e. The van der Waals surface area contributed by atoms with Gasteiger partial charge in [-0.1, -0.05) is 34.1 Å². The first-order chi connectivity index (χ1) is 12.8. The van der Waals surface area contributed by atoms with Gasteiger partial charge >= 0.3 is 17.9 Å². The maximum atomic E-state index is 9.87. The minimum absolute atomic E-state index is 0.164. The number of rotatable bonds is 6. The van der Waals surface area contributed by atoms with Gasteiger partial charge in [0, 0.05) is 0 Å². The van der Waals surface area contributed by atoms with Crippen LogP contribution < -0.4 is 0 Å². The van der Waals surface area contributed by atoms with E-state index in [0.717, 1.165) is 0 Å². The summed E-state index contributed by atoms with van der Waals surface area (Å²) in [6.07, 6.45) is 0.778. The van der Waals surface area contributed by atoms with Crippen molar-refractivity contribution in [3.05, 3.63) is 0 Å². The van der Waals surface area contributed by atoms with Gasteiger partial charge in [-0.05, 0) is 5.41 Å². The second-order valence-corrected chi connectivity index (χ2v) is 17.0. The van der Waals surface area contributed by atoms with Crippen LogP contribution in [-0.4, -0.2) is 43.5 Å². The number of thiol groups is 9. The van der Waals surface area contributed by atoms with Gasteiger partial charge in [0.05, 0.1) is 19.3 Å². The first-order valence-electron chi connectivity index (χ1n) is 7.98. The van der Waals surface area contributed by atoms with Gasteiger partial charge in [-0.2, -0.15) is 114 Å². The minimum atomic E-state index is -0.994. The van der Waals surface area contributed by atoms with E-state index in [0.29, 0.717) is 5.41 Å². The Hall–Kier alpha value is 1.56. The van der Waals surface area contributed by atoms with Crippen molar-refractivity contribution in [2.75, 3.05) is 0 Å². The van der Waals surface area contributed by atoms with Crippen molar-refractivity contribution in [3.8, 4) is 0 Å². The molecule has 0 saturated carbocycles. The zero-order valence-corrected chi connectivity index (χ0v) is 25.0. The smallest absolute Gasteiger partial charge is 0.306 e. The van der Waals surface area contributed by atoms with Gasteiger partial charge in [0.15, 0.2) is 0 Å². The average Bonchev–Trinajstić information content (AvgIpc) is 2.30. The SMILES string of the molecule is CCC(C)(C)C.O=C(O)CC(S)(S)S.O=C(O)CC(S)(S)S.O=C(O)CC(S)(S)S. The second kappa shape index (κ2) is 18.0. The molecule has 0 aliphatic rings. The average molecular weight is 597 g/mol. The van der Waals surface area contributed by atoms with Crippen molar-refractivity contribution in [1.82, 2.24) is 0 Å². The third-order valence-corrected chi connectivity index (χ3v) is 3.65. The molecule has 0 aromatic carbocycles. The number of carbonyl (C=O) groups is 3. The lowest BCUT2D eigenvalue weighted by Gasteiger charge is -2.12. The molecule has 15 heteroatoms. The zero-order chi connectivity index (χ0) is 25.6. The summed E-state index contributed by atoms with van der Waals surface area (Å²) in [5.41, 5.74) is 0.542. The molecule has 0 saturated heterocycles. The predicted octanol–water partition coefficient (Wildman–Crippen LogP) is 5.16. The number of hydrogen-bond donors (Lipinski definition) is 12. The lowest BCUT2D eigenvalue weighted by molar-refractivity contribution is -0.137. The standard InChI is InChI=1S/C6H14.3C3H6O2S3/c1-5-6(2,3)4;3*4-2(5)1-3(6,7)8/h5H2,1-4H3;3*6-8H,1H2,(H,4,5). The quantitative estimate of drug-likeness (QED) is 0.153. The molecule has 0 bridgehead atoms. The molecule has 0 amide bonds. The van der Waals surface area contributed by atoms with E-state index in [4.69, 9.17) is 15.3 Å². The highest BCUT2D eigenvalue weighted by molar-refractivity contribution is 8.17. The van der Waals surface area contributed by atoms with Crippen LogP contribution in [0.1, 0.15) is 53.4 Å². The first-order valence-corrected chi connectivity index (χ1v) is 12.0. The van der Waals surface area contributed by atoms with Crippen molar-refractivity contribution >= 4 is 132 Å². The summed E-state index contributed by atoms with van der Waals surface area (Å²) in [7, 11) is 0. The Bertz CT molecular complexity index is 441. The molecule has 0 aliphatic heterocycles. The Labute approximate surface area is 228 Å². The maximum absolute atomic E-state index is 9.87. The van der Waals surface area contributed by atoms with E-state index >= 15 is 0 Å². The topological polar surface area (TPSA) is 112 Å². The fourth-order valence-corrected chi connectivity index (χ4v) is 1.83. The van der Waals surface area contributed by atoms with Crippen molar-refractivity contribution in [3.63, 3.8) is 0 Å². The van der Waals surface area contributed by atoms with Gasteiger partial charge in [0.2, 0.25) is 0 Å². The van der Waals surface area contributed by atoms with E-state index in [2.05, 4.69) is 141 Å². The molecule has 0 aromatic rings. The number of aliphatic carboxylic acids is 3. The molecule has 30 heavy (non-hydrogen) atoms. The summed E-state index contributed by atoms with van der Waals surface area (Å²) in [5.74, 6) is -2.86. The van der Waals surface area contributed by atoms with E-state index < -0.39 is 28.1 Å². The van der Waals surface area contributed by atoms with Crippen LogP contribution in [0.3, 0.4) is 0 Å². The van der Waals surface area contributed by atoms with Crippen LogP contribution in [0.4, 0.5) is 0 Å². The van der Waals surface area contributed by atoms with Gasteiger partial charge in [0.1, 0.15) is 10.2 Å². The van der Waals surface area contributed by atoms with Crippen LogP contribution in [0.15, 0.2) is 0 Å². The molecule has 0 spiro atoms. The zero-order valence-electron chi connectivity index (χ0n) is 16.9. The molecule has 0 heterocycles. The van der Waals surface area contributed by atoms with E-state index in [1.54, 1.807) is 0 Å². The van der Waals surface area contributed by atoms with Crippen molar-refractivity contribution in [2.24, 2.45) is 5.41 Å². The van der Waals surface area contributed by atoms with Crippen LogP contribution in [0.5, 0.6) is 0 Å². The largest absolute Gasteiger partial charge is 0.481 e. The molecule has 0 fully saturated rings. The number of carboxylic acids is 3. The summed E-state index contributed by atoms with van der Waals surface area (Å²) in [6, 6.07) is 0. The highest BCUT2D eigenvalue weighted by Gasteiger charge is 2.18. The van der Waals surface area contributed by atoms with Crippen LogP contribution in [0.2, 0.25) is 0 Å². The molecule has 0 unspecified atom stereocenters. The Balaban J connectivity index is -0.000000151. The summed E-state index contributed by atoms with van der Waals surface area (Å²) in [5, 5.41) is 24.3. The Morgan fingerprint density at radius 3 is 0.700 bits per heavy atom. The summed E-state index contributed by atoms with van der Waals surface area (Å²) in [4.78, 5) is 29.6. The van der Waals surface area contributed by atoms with E-state index in [1.165, 1.54) is 6.42 Å². The monoisotopic (exact) mass is 596 g/mol. The Morgan fingerprint density at radius 1 is 0.567 bits per heavy atom. The highest BCUT2D eigenvalue weighted by Crippen LogP contribution is 2.28. The number of carboxylic acid groups (broad SMARTS) is 3. The van der Waals surface area contributed by atoms with Gasteiger partial charge in [-0.3, -0.25) is 14.4 Å². The minimum Gasteiger partial charge on any atom is -0.481 e. The van der Waals surface area contributed by atoms with Crippen molar-refractivity contribution in [1.29, 1.82) is 0 Å². The molecule has 0 aliphatic carbocycles. The third kappa shape index (κ3) is 63.0. The molecule has 0 aromatic heterocycles. The van der Waals surface area contributed by atoms with E-state index in [9.17, 15) is 14.4 Å². The second-order valence-electron chi connectivity index (χ2n) is 6.95. The molecule has 0 rings (SSSR count). The summed E-state index contributed by atoms with van der Waals surface area (Å²) < 4.78 is -2.98. The van der Waals surface area contributed by atoms with Crippen LogP contribution >= 0.6 is 114 Å². The third-order valence-electron chi connectivity index (χ3n) is 2.23. The van der Waals surface area contributed by atoms with Crippen molar-refractivity contribution < 1.29 is 29.7 Å². The Morgan fingerprint density at radius 2 is 0.700 bits per heavy atom. The van der Waals surface area contributed by atoms with Gasteiger partial charge in [-0.15, -0.1) is 0 Å². The highest BCUT2D eigenvalue weighted by atomic mass is 32.2. The molecular formula is C15H32O6S9. The molecule has 3 N–H and O–H groups in total. The molecule has 6 nitrogen and oxygen atoms in total. The number of hydrogen-bond acceptors (Lipinski definition) is 12. The lowest BCUT2D eigenvalue weighted by Crippen LogP contribution is -2.10. The van der Waals surface area contributed by atoms with Crippen molar-refractivity contribution in [2.45, 2.75) is 63.6 Å². The van der Waals surface area contributed by atoms with E-state index in [-0.39, 0.29) is 19.3 Å². The van der Waals surface area contributed by atoms with Gasteiger partial charge in [0.25, 0.3) is 0 Å². The van der Waals surface area contributed by atoms with Crippen LogP contribution in [0, 0.1) is 5.41 Å². The fraction of sp³-hybridized carbons (Fsp3) is 0.800. The summed E-state index contributed by atoms with van der Waals surface area (Å²) in [6.45, 7) is 8.94. The normalized spacial score (nSPS) is 11.5. The summed E-state index contributed by atoms with van der Waals surface area (Å²) >= 11 is 33.7. The molecule has 182 valence electrons. The van der Waals surface area contributed by atoms with E-state index in [1.807, 2.05) is 0 Å². The first kappa shape index (κ1) is 38.8. The molecule has 0 radical (unpaired) electrons. The fourth-order valence-electron chi connectivity index (χ4n) is 0.609. The van der Waals surface area contributed by atoms with Crippen LogP contribution in [-0.2, 0) is 14.4 Å². The predicted molar refractivity (Wildman–Crippen MR) is 156 cm³/mol. The lowest BCUT2D eigenvalue weighted by atomic mass is 9.94. The van der Waals surface area contributed by atoms with Gasteiger partial charge in [-0.25, -0.2) is 0 Å². The Kier molecular flexibility index (Phi) is 23.2.